The molecule has 2 aromatic rings. The number of rotatable bonds is 4. The van der Waals surface area contributed by atoms with Crippen molar-refractivity contribution in [2.24, 2.45) is 0 Å². The Morgan fingerprint density at radius 3 is 2.93 bits per heavy atom. The zero-order valence-corrected chi connectivity index (χ0v) is 9.94. The molecule has 0 amide bonds. The Kier molecular flexibility index (Phi) is 3.58. The highest BCUT2D eigenvalue weighted by Gasteiger charge is 1.99. The van der Waals surface area contributed by atoms with Gasteiger partial charge in [0.25, 0.3) is 0 Å². The van der Waals surface area contributed by atoms with Gasteiger partial charge < -0.3 is 5.32 Å². The first kappa shape index (κ1) is 10.4. The molecule has 0 aromatic carbocycles. The maximum absolute atomic E-state index is 4.31. The molecule has 0 atom stereocenters. The number of nitrogens with zero attached hydrogens (tertiary/aromatic N) is 2. The minimum absolute atomic E-state index is 0.805. The summed E-state index contributed by atoms with van der Waals surface area (Å²) in [7, 11) is 1.84. The van der Waals surface area contributed by atoms with E-state index in [1.807, 2.05) is 13.2 Å². The summed E-state index contributed by atoms with van der Waals surface area (Å²) in [5.74, 6) is 1.68. The average molecular weight is 237 g/mol. The van der Waals surface area contributed by atoms with E-state index in [2.05, 4.69) is 32.8 Å². The standard InChI is InChI=1S/C10H11N3S2/c1-11-9-6-12-8(5-13-9)7-15-10-3-2-4-14-10/h2-6H,7H2,1H3,(H,11,13). The van der Waals surface area contributed by atoms with E-state index in [1.54, 1.807) is 29.3 Å². The maximum Gasteiger partial charge on any atom is 0.144 e. The quantitative estimate of drug-likeness (QED) is 0.830. The normalized spacial score (nSPS) is 10.2. The van der Waals surface area contributed by atoms with E-state index in [0.29, 0.717) is 0 Å². The van der Waals surface area contributed by atoms with Crippen molar-refractivity contribution in [3.63, 3.8) is 0 Å². The monoisotopic (exact) mass is 237 g/mol. The van der Waals surface area contributed by atoms with Gasteiger partial charge in [0.15, 0.2) is 0 Å². The Bertz CT molecular complexity index is 397. The van der Waals surface area contributed by atoms with Crippen molar-refractivity contribution in [1.82, 2.24) is 9.97 Å². The van der Waals surface area contributed by atoms with Gasteiger partial charge in [0.2, 0.25) is 0 Å². The van der Waals surface area contributed by atoms with E-state index in [4.69, 9.17) is 0 Å². The van der Waals surface area contributed by atoms with Crippen molar-refractivity contribution in [2.75, 3.05) is 12.4 Å². The molecule has 2 rings (SSSR count). The third-order valence-corrected chi connectivity index (χ3v) is 3.98. The van der Waals surface area contributed by atoms with Crippen LogP contribution in [0.15, 0.2) is 34.1 Å². The number of thioether (sulfide) groups is 1. The lowest BCUT2D eigenvalue weighted by Gasteiger charge is -2.00. The van der Waals surface area contributed by atoms with Crippen molar-refractivity contribution in [1.29, 1.82) is 0 Å². The van der Waals surface area contributed by atoms with Crippen molar-refractivity contribution in [2.45, 2.75) is 9.96 Å². The van der Waals surface area contributed by atoms with E-state index in [0.717, 1.165) is 17.3 Å². The lowest BCUT2D eigenvalue weighted by molar-refractivity contribution is 1.10. The fraction of sp³-hybridized carbons (Fsp3) is 0.200. The molecule has 0 saturated heterocycles. The Labute approximate surface area is 97.0 Å². The number of anilines is 1. The van der Waals surface area contributed by atoms with E-state index < -0.39 is 0 Å². The van der Waals surface area contributed by atoms with Crippen molar-refractivity contribution >= 4 is 28.9 Å². The second kappa shape index (κ2) is 5.14. The molecule has 0 bridgehead atoms. The molecule has 2 heterocycles. The minimum atomic E-state index is 0.805. The number of hydrogen-bond donors (Lipinski definition) is 1. The number of hydrogen-bond acceptors (Lipinski definition) is 5. The molecule has 0 unspecified atom stereocenters. The summed E-state index contributed by atoms with van der Waals surface area (Å²) in [5.41, 5.74) is 1.01. The Morgan fingerprint density at radius 1 is 1.40 bits per heavy atom. The molecule has 2 aromatic heterocycles. The summed E-state index contributed by atoms with van der Waals surface area (Å²) in [6.45, 7) is 0. The zero-order chi connectivity index (χ0) is 10.5. The predicted molar refractivity (Wildman–Crippen MR) is 65.5 cm³/mol. The van der Waals surface area contributed by atoms with Gasteiger partial charge in [0.1, 0.15) is 5.82 Å². The summed E-state index contributed by atoms with van der Waals surface area (Å²) in [5, 5.41) is 5.03. The first-order chi connectivity index (χ1) is 7.38. The highest BCUT2D eigenvalue weighted by atomic mass is 32.2. The van der Waals surface area contributed by atoms with Gasteiger partial charge in [-0.2, -0.15) is 0 Å². The molecule has 1 N–H and O–H groups in total. The fourth-order valence-electron chi connectivity index (χ4n) is 1.05. The Hall–Kier alpha value is -1.07. The van der Waals surface area contributed by atoms with Crippen LogP contribution in [-0.4, -0.2) is 17.0 Å². The van der Waals surface area contributed by atoms with Crippen LogP contribution < -0.4 is 5.32 Å². The largest absolute Gasteiger partial charge is 0.372 e. The van der Waals surface area contributed by atoms with E-state index in [9.17, 15) is 0 Å². The molecule has 0 fully saturated rings. The molecule has 78 valence electrons. The van der Waals surface area contributed by atoms with E-state index in [1.165, 1.54) is 4.21 Å². The fourth-order valence-corrected chi connectivity index (χ4v) is 2.73. The molecular weight excluding hydrogens is 226 g/mol. The summed E-state index contributed by atoms with van der Waals surface area (Å²) in [6, 6.07) is 4.17. The number of aromatic nitrogens is 2. The zero-order valence-electron chi connectivity index (χ0n) is 8.30. The molecule has 5 heteroatoms. The van der Waals surface area contributed by atoms with Crippen molar-refractivity contribution < 1.29 is 0 Å². The first-order valence-corrected chi connectivity index (χ1v) is 6.40. The second-order valence-corrected chi connectivity index (χ2v) is 5.09. The molecule has 0 aliphatic carbocycles. The summed E-state index contributed by atoms with van der Waals surface area (Å²) < 4.78 is 1.31. The highest BCUT2D eigenvalue weighted by Crippen LogP contribution is 2.26. The molecule has 0 saturated carbocycles. The molecule has 0 spiro atoms. The summed E-state index contributed by atoms with van der Waals surface area (Å²) in [6.07, 6.45) is 3.57. The molecule has 3 nitrogen and oxygen atoms in total. The van der Waals surface area contributed by atoms with Gasteiger partial charge >= 0.3 is 0 Å². The van der Waals surface area contributed by atoms with Gasteiger partial charge in [-0.25, -0.2) is 4.98 Å². The van der Waals surface area contributed by atoms with Crippen LogP contribution >= 0.6 is 23.1 Å². The topological polar surface area (TPSA) is 37.8 Å². The molecule has 15 heavy (non-hydrogen) atoms. The van der Waals surface area contributed by atoms with Crippen LogP contribution in [0.4, 0.5) is 5.82 Å². The van der Waals surface area contributed by atoms with Crippen molar-refractivity contribution in [3.05, 3.63) is 35.6 Å². The van der Waals surface area contributed by atoms with Gasteiger partial charge in [-0.3, -0.25) is 4.98 Å². The minimum Gasteiger partial charge on any atom is -0.372 e. The smallest absolute Gasteiger partial charge is 0.144 e. The summed E-state index contributed by atoms with van der Waals surface area (Å²) in [4.78, 5) is 8.52. The van der Waals surface area contributed by atoms with Gasteiger partial charge in [-0.1, -0.05) is 6.07 Å². The van der Waals surface area contributed by atoms with Crippen LogP contribution in [0.2, 0.25) is 0 Å². The lowest BCUT2D eigenvalue weighted by Crippen LogP contribution is -1.95. The molecule has 0 aliphatic rings. The highest BCUT2D eigenvalue weighted by molar-refractivity contribution is 8.00. The van der Waals surface area contributed by atoms with Crippen LogP contribution in [0.5, 0.6) is 0 Å². The van der Waals surface area contributed by atoms with E-state index >= 15 is 0 Å². The first-order valence-electron chi connectivity index (χ1n) is 4.53. The van der Waals surface area contributed by atoms with Crippen LogP contribution in [0.3, 0.4) is 0 Å². The average Bonchev–Trinajstić information content (AvgIpc) is 2.80. The van der Waals surface area contributed by atoms with Crippen LogP contribution in [0.1, 0.15) is 5.69 Å². The SMILES string of the molecule is CNc1cnc(CSc2cccs2)cn1. The molecule has 0 radical (unpaired) electrons. The van der Waals surface area contributed by atoms with Crippen molar-refractivity contribution in [3.8, 4) is 0 Å². The van der Waals surface area contributed by atoms with Gasteiger partial charge in [0.05, 0.1) is 22.3 Å². The van der Waals surface area contributed by atoms with Crippen LogP contribution in [-0.2, 0) is 5.75 Å². The maximum atomic E-state index is 4.31. The predicted octanol–water partition coefficient (Wildman–Crippen LogP) is 2.87. The van der Waals surface area contributed by atoms with Gasteiger partial charge in [-0.05, 0) is 11.4 Å². The Morgan fingerprint density at radius 2 is 2.33 bits per heavy atom. The Balaban J connectivity index is 1.93. The molecular formula is C10H11N3S2. The third-order valence-electron chi connectivity index (χ3n) is 1.82. The van der Waals surface area contributed by atoms with Gasteiger partial charge in [0, 0.05) is 12.8 Å². The lowest BCUT2D eigenvalue weighted by atomic mass is 10.5. The third kappa shape index (κ3) is 2.94. The summed E-state index contributed by atoms with van der Waals surface area (Å²) >= 11 is 3.54. The van der Waals surface area contributed by atoms with Gasteiger partial charge in [-0.15, -0.1) is 23.1 Å². The van der Waals surface area contributed by atoms with E-state index in [-0.39, 0.29) is 0 Å². The number of thiophene rings is 1. The molecule has 0 aliphatic heterocycles. The van der Waals surface area contributed by atoms with Crippen LogP contribution in [0, 0.1) is 0 Å². The second-order valence-electron chi connectivity index (χ2n) is 2.86. The number of nitrogens with one attached hydrogen (secondary N) is 1. The van der Waals surface area contributed by atoms with Crippen LogP contribution in [0.25, 0.3) is 0 Å².